The molecule has 2 heterocycles. The Balaban J connectivity index is 1.11. The summed E-state index contributed by atoms with van der Waals surface area (Å²) in [4.78, 5) is 29.3. The summed E-state index contributed by atoms with van der Waals surface area (Å²) >= 11 is 0. The van der Waals surface area contributed by atoms with Gasteiger partial charge in [0.15, 0.2) is 0 Å². The zero-order valence-corrected chi connectivity index (χ0v) is 19.2. The normalized spacial score (nSPS) is 17.5. The molecule has 0 spiro atoms. The van der Waals surface area contributed by atoms with Gasteiger partial charge < -0.3 is 19.9 Å². The van der Waals surface area contributed by atoms with E-state index >= 15 is 0 Å². The molecular formula is C27H33N3O3. The maximum absolute atomic E-state index is 12.5. The summed E-state index contributed by atoms with van der Waals surface area (Å²) < 4.78 is 5.87. The highest BCUT2D eigenvalue weighted by Gasteiger charge is 2.34. The van der Waals surface area contributed by atoms with Gasteiger partial charge in [-0.3, -0.25) is 9.59 Å². The van der Waals surface area contributed by atoms with E-state index in [2.05, 4.69) is 40.5 Å². The summed E-state index contributed by atoms with van der Waals surface area (Å²) in [5.41, 5.74) is 4.86. The first-order valence-electron chi connectivity index (χ1n) is 12.3. The number of anilines is 1. The number of para-hydroxylation sites is 1. The minimum atomic E-state index is 0.0806. The van der Waals surface area contributed by atoms with Gasteiger partial charge in [-0.05, 0) is 55.4 Å². The van der Waals surface area contributed by atoms with Crippen molar-refractivity contribution in [2.24, 2.45) is 5.92 Å². The maximum Gasteiger partial charge on any atom is 0.226 e. The van der Waals surface area contributed by atoms with Crippen molar-refractivity contribution in [2.45, 2.75) is 45.1 Å². The van der Waals surface area contributed by atoms with Crippen molar-refractivity contribution in [2.75, 3.05) is 37.7 Å². The molecule has 2 amide bonds. The van der Waals surface area contributed by atoms with Gasteiger partial charge in [0.05, 0.1) is 6.54 Å². The highest BCUT2D eigenvalue weighted by atomic mass is 16.5. The Labute approximate surface area is 195 Å². The first-order valence-corrected chi connectivity index (χ1v) is 12.3. The standard InChI is InChI=1S/C27H33N3O3/c31-26(28-13-15-29-14-3-5-21-4-1-2-6-24(21)29)12-8-20-7-11-25-23(18-20)19-30(16-17-33-25)27(32)22-9-10-22/h1-2,4,6-7,11,18,22H,3,5,8-10,12-17,19H2,(H,28,31). The molecule has 6 nitrogen and oxygen atoms in total. The van der Waals surface area contributed by atoms with Gasteiger partial charge in [0, 0.05) is 49.8 Å². The molecule has 2 aromatic carbocycles. The lowest BCUT2D eigenvalue weighted by molar-refractivity contribution is -0.133. The zero-order valence-electron chi connectivity index (χ0n) is 19.2. The van der Waals surface area contributed by atoms with Crippen molar-refractivity contribution in [1.82, 2.24) is 10.2 Å². The van der Waals surface area contributed by atoms with Crippen LogP contribution in [0.3, 0.4) is 0 Å². The van der Waals surface area contributed by atoms with Crippen molar-refractivity contribution >= 4 is 17.5 Å². The van der Waals surface area contributed by atoms with Crippen molar-refractivity contribution in [3.05, 3.63) is 59.2 Å². The van der Waals surface area contributed by atoms with Crippen LogP contribution in [-0.2, 0) is 29.0 Å². The number of hydrogen-bond donors (Lipinski definition) is 1. The molecule has 5 rings (SSSR count). The fraction of sp³-hybridized carbons (Fsp3) is 0.481. The quantitative estimate of drug-likeness (QED) is 0.707. The van der Waals surface area contributed by atoms with E-state index in [1.807, 2.05) is 17.0 Å². The van der Waals surface area contributed by atoms with E-state index in [-0.39, 0.29) is 17.7 Å². The summed E-state index contributed by atoms with van der Waals surface area (Å²) in [6.07, 6.45) is 5.47. The topological polar surface area (TPSA) is 61.9 Å². The lowest BCUT2D eigenvalue weighted by Crippen LogP contribution is -2.37. The third kappa shape index (κ3) is 5.32. The smallest absolute Gasteiger partial charge is 0.226 e. The average molecular weight is 448 g/mol. The third-order valence-corrected chi connectivity index (χ3v) is 6.89. The van der Waals surface area contributed by atoms with E-state index < -0.39 is 0 Å². The minimum absolute atomic E-state index is 0.0806. The number of benzene rings is 2. The third-order valence-electron chi connectivity index (χ3n) is 6.89. The fourth-order valence-corrected chi connectivity index (χ4v) is 4.90. The number of amides is 2. The fourth-order valence-electron chi connectivity index (χ4n) is 4.90. The molecule has 1 saturated carbocycles. The first kappa shape index (κ1) is 21.8. The van der Waals surface area contributed by atoms with Crippen LogP contribution in [0.15, 0.2) is 42.5 Å². The van der Waals surface area contributed by atoms with Gasteiger partial charge in [0.25, 0.3) is 0 Å². The molecule has 0 aromatic heterocycles. The van der Waals surface area contributed by atoms with Crippen LogP contribution >= 0.6 is 0 Å². The molecule has 1 aliphatic carbocycles. The van der Waals surface area contributed by atoms with E-state index in [4.69, 9.17) is 4.74 Å². The molecule has 0 unspecified atom stereocenters. The van der Waals surface area contributed by atoms with Gasteiger partial charge in [0.2, 0.25) is 11.8 Å². The monoisotopic (exact) mass is 447 g/mol. The molecule has 1 fully saturated rings. The SMILES string of the molecule is O=C(CCc1ccc2c(c1)CN(C(=O)C1CC1)CCO2)NCCN1CCCc2ccccc21. The minimum Gasteiger partial charge on any atom is -0.491 e. The van der Waals surface area contributed by atoms with Crippen LogP contribution in [0, 0.1) is 5.92 Å². The molecule has 6 heteroatoms. The highest BCUT2D eigenvalue weighted by Crippen LogP contribution is 2.33. The number of rotatable bonds is 7. The maximum atomic E-state index is 12.5. The molecule has 0 radical (unpaired) electrons. The molecule has 2 aliphatic heterocycles. The average Bonchev–Trinajstić information content (AvgIpc) is 3.69. The predicted octanol–water partition coefficient (Wildman–Crippen LogP) is 3.32. The van der Waals surface area contributed by atoms with Crippen LogP contribution in [0.25, 0.3) is 0 Å². The van der Waals surface area contributed by atoms with Gasteiger partial charge >= 0.3 is 0 Å². The largest absolute Gasteiger partial charge is 0.491 e. The summed E-state index contributed by atoms with van der Waals surface area (Å²) in [5.74, 6) is 1.41. The van der Waals surface area contributed by atoms with E-state index in [1.54, 1.807) is 0 Å². The molecule has 0 saturated heterocycles. The number of hydrogen-bond acceptors (Lipinski definition) is 4. The molecule has 0 atom stereocenters. The Morgan fingerprint density at radius 3 is 2.82 bits per heavy atom. The van der Waals surface area contributed by atoms with Crippen molar-refractivity contribution < 1.29 is 14.3 Å². The zero-order chi connectivity index (χ0) is 22.6. The molecule has 174 valence electrons. The van der Waals surface area contributed by atoms with Crippen LogP contribution in [0.5, 0.6) is 5.75 Å². The van der Waals surface area contributed by atoms with Crippen molar-refractivity contribution in [1.29, 1.82) is 0 Å². The molecule has 3 aliphatic rings. The summed E-state index contributed by atoms with van der Waals surface area (Å²) in [6.45, 7) is 4.32. The van der Waals surface area contributed by atoms with Gasteiger partial charge in [0.1, 0.15) is 12.4 Å². The van der Waals surface area contributed by atoms with Crippen LogP contribution < -0.4 is 15.0 Å². The van der Waals surface area contributed by atoms with Crippen molar-refractivity contribution in [3.8, 4) is 5.75 Å². The predicted molar refractivity (Wildman–Crippen MR) is 128 cm³/mol. The second-order valence-corrected chi connectivity index (χ2v) is 9.39. The molecule has 33 heavy (non-hydrogen) atoms. The summed E-state index contributed by atoms with van der Waals surface area (Å²) in [7, 11) is 0. The van der Waals surface area contributed by atoms with E-state index in [9.17, 15) is 9.59 Å². The Morgan fingerprint density at radius 1 is 1.06 bits per heavy atom. The Hall–Kier alpha value is -3.02. The number of fused-ring (bicyclic) bond motifs is 2. The summed E-state index contributed by atoms with van der Waals surface area (Å²) in [6, 6.07) is 14.7. The Kier molecular flexibility index (Phi) is 6.51. The van der Waals surface area contributed by atoms with E-state index in [0.717, 1.165) is 55.6 Å². The number of ether oxygens (including phenoxy) is 1. The molecule has 2 aromatic rings. The van der Waals surface area contributed by atoms with E-state index in [0.29, 0.717) is 39.1 Å². The number of carbonyl (C=O) groups excluding carboxylic acids is 2. The highest BCUT2D eigenvalue weighted by molar-refractivity contribution is 5.81. The molecular weight excluding hydrogens is 414 g/mol. The second kappa shape index (κ2) is 9.86. The lowest BCUT2D eigenvalue weighted by atomic mass is 10.0. The van der Waals surface area contributed by atoms with Crippen LogP contribution in [0.1, 0.15) is 42.4 Å². The van der Waals surface area contributed by atoms with Crippen LogP contribution in [-0.4, -0.2) is 49.5 Å². The number of nitrogens with one attached hydrogen (secondary N) is 1. The van der Waals surface area contributed by atoms with Gasteiger partial charge in [-0.2, -0.15) is 0 Å². The van der Waals surface area contributed by atoms with Crippen molar-refractivity contribution in [3.63, 3.8) is 0 Å². The van der Waals surface area contributed by atoms with E-state index in [1.165, 1.54) is 11.3 Å². The van der Waals surface area contributed by atoms with Crippen LogP contribution in [0.2, 0.25) is 0 Å². The Morgan fingerprint density at radius 2 is 1.94 bits per heavy atom. The molecule has 0 bridgehead atoms. The van der Waals surface area contributed by atoms with Crippen LogP contribution in [0.4, 0.5) is 5.69 Å². The number of carbonyl (C=O) groups is 2. The summed E-state index contributed by atoms with van der Waals surface area (Å²) in [5, 5.41) is 3.09. The van der Waals surface area contributed by atoms with Gasteiger partial charge in [-0.25, -0.2) is 0 Å². The van der Waals surface area contributed by atoms with Gasteiger partial charge in [-0.1, -0.05) is 30.3 Å². The first-order chi connectivity index (χ1) is 16.2. The lowest BCUT2D eigenvalue weighted by Gasteiger charge is -2.31. The second-order valence-electron chi connectivity index (χ2n) is 9.39. The number of nitrogens with zero attached hydrogens (tertiary/aromatic N) is 2. The van der Waals surface area contributed by atoms with Gasteiger partial charge in [-0.15, -0.1) is 0 Å². The Bertz CT molecular complexity index is 1020. The number of aryl methyl sites for hydroxylation is 2. The molecule has 1 N–H and O–H groups in total.